The minimum atomic E-state index is 0.536. The van der Waals surface area contributed by atoms with Crippen molar-refractivity contribution < 1.29 is 0 Å². The Kier molecular flexibility index (Phi) is 7.89. The second-order valence-corrected chi connectivity index (χ2v) is 9.36. The molecular weight excluding hydrogens is 393 g/mol. The predicted molar refractivity (Wildman–Crippen MR) is 113 cm³/mol. The zero-order valence-electron chi connectivity index (χ0n) is 16.1. The topological polar surface area (TPSA) is 26.0 Å². The SMILES string of the molecule is C=C(N)C(=C(/C)CCC)/C(C)=C(\I)[C@H](C)C1CCC(C)(C)CC1. The lowest BCUT2D eigenvalue weighted by Crippen LogP contribution is -2.25. The van der Waals surface area contributed by atoms with Gasteiger partial charge in [-0.25, -0.2) is 0 Å². The van der Waals surface area contributed by atoms with E-state index >= 15 is 0 Å². The molecule has 2 N–H and O–H groups in total. The van der Waals surface area contributed by atoms with Crippen molar-refractivity contribution in [1.29, 1.82) is 0 Å². The number of nitrogens with two attached hydrogens (primary N) is 1. The molecule has 1 saturated carbocycles. The Morgan fingerprint density at radius 3 is 2.22 bits per heavy atom. The summed E-state index contributed by atoms with van der Waals surface area (Å²) in [5.74, 6) is 1.43. The highest BCUT2D eigenvalue weighted by atomic mass is 127. The van der Waals surface area contributed by atoms with E-state index in [0.717, 1.165) is 24.5 Å². The lowest BCUT2D eigenvalue weighted by Gasteiger charge is -2.37. The van der Waals surface area contributed by atoms with Crippen molar-refractivity contribution >= 4 is 22.6 Å². The Morgan fingerprint density at radius 1 is 1.26 bits per heavy atom. The van der Waals surface area contributed by atoms with E-state index in [2.05, 4.69) is 70.7 Å². The molecule has 0 radical (unpaired) electrons. The fourth-order valence-electron chi connectivity index (χ4n) is 3.92. The largest absolute Gasteiger partial charge is 0.399 e. The second-order valence-electron chi connectivity index (χ2n) is 8.19. The van der Waals surface area contributed by atoms with E-state index in [4.69, 9.17) is 5.73 Å². The lowest BCUT2D eigenvalue weighted by molar-refractivity contribution is 0.168. The van der Waals surface area contributed by atoms with Crippen LogP contribution in [0.25, 0.3) is 0 Å². The molecule has 0 saturated heterocycles. The van der Waals surface area contributed by atoms with Gasteiger partial charge in [-0.3, -0.25) is 0 Å². The van der Waals surface area contributed by atoms with Gasteiger partial charge in [0.25, 0.3) is 0 Å². The minimum Gasteiger partial charge on any atom is -0.399 e. The first kappa shape index (κ1) is 20.8. The first-order chi connectivity index (χ1) is 10.6. The van der Waals surface area contributed by atoms with E-state index < -0.39 is 0 Å². The predicted octanol–water partition coefficient (Wildman–Crippen LogP) is 7.14. The van der Waals surface area contributed by atoms with Crippen LogP contribution in [-0.4, -0.2) is 0 Å². The van der Waals surface area contributed by atoms with Gasteiger partial charge in [0.05, 0.1) is 0 Å². The Hall–Kier alpha value is -0.250. The third-order valence-corrected chi connectivity index (χ3v) is 7.39. The molecule has 1 aliphatic rings. The summed E-state index contributed by atoms with van der Waals surface area (Å²) < 4.78 is 1.48. The first-order valence-electron chi connectivity index (χ1n) is 9.11. The van der Waals surface area contributed by atoms with Crippen LogP contribution in [0.5, 0.6) is 0 Å². The highest BCUT2D eigenvalue weighted by Crippen LogP contribution is 2.44. The average molecular weight is 429 g/mol. The molecule has 1 rings (SSSR count). The van der Waals surface area contributed by atoms with Crippen LogP contribution in [-0.2, 0) is 0 Å². The number of allylic oxidation sites excluding steroid dienone is 3. The number of rotatable bonds is 6. The lowest BCUT2D eigenvalue weighted by atomic mass is 9.69. The standard InChI is InChI=1S/C21H36IN/c1-8-9-14(2)19(17(5)23)16(4)20(22)15(3)18-10-12-21(6,7)13-11-18/h15,18H,5,8-13,23H2,1-4,6-7H3/b19-14-,20-16-/t15-/m1/s1. The van der Waals surface area contributed by atoms with Gasteiger partial charge >= 0.3 is 0 Å². The van der Waals surface area contributed by atoms with Gasteiger partial charge in [0.2, 0.25) is 0 Å². The zero-order valence-corrected chi connectivity index (χ0v) is 18.2. The molecule has 0 heterocycles. The molecular formula is C21H36IN. The molecule has 0 aromatic carbocycles. The number of hydrogen-bond donors (Lipinski definition) is 1. The van der Waals surface area contributed by atoms with E-state index in [1.54, 1.807) is 0 Å². The molecule has 2 heteroatoms. The maximum absolute atomic E-state index is 6.13. The van der Waals surface area contributed by atoms with Crippen molar-refractivity contribution in [3.63, 3.8) is 0 Å². The summed E-state index contributed by atoms with van der Waals surface area (Å²) in [4.78, 5) is 0. The Labute approximate surface area is 158 Å². The summed E-state index contributed by atoms with van der Waals surface area (Å²) in [7, 11) is 0. The summed E-state index contributed by atoms with van der Waals surface area (Å²) in [6.45, 7) is 17.9. The van der Waals surface area contributed by atoms with Gasteiger partial charge in [0.1, 0.15) is 0 Å². The molecule has 0 unspecified atom stereocenters. The van der Waals surface area contributed by atoms with Crippen molar-refractivity contribution in [1.82, 2.24) is 0 Å². The highest BCUT2D eigenvalue weighted by molar-refractivity contribution is 14.1. The summed E-state index contributed by atoms with van der Waals surface area (Å²) in [5.41, 5.74) is 11.3. The summed E-state index contributed by atoms with van der Waals surface area (Å²) in [6, 6.07) is 0. The van der Waals surface area contributed by atoms with E-state index in [9.17, 15) is 0 Å². The van der Waals surface area contributed by atoms with E-state index in [-0.39, 0.29) is 0 Å². The number of hydrogen-bond acceptors (Lipinski definition) is 1. The molecule has 0 aromatic rings. The van der Waals surface area contributed by atoms with Crippen LogP contribution in [0.1, 0.15) is 80.1 Å². The zero-order chi connectivity index (χ0) is 17.8. The normalized spacial score (nSPS) is 22.2. The molecule has 132 valence electrons. The van der Waals surface area contributed by atoms with Gasteiger partial charge in [-0.05, 0) is 101 Å². The molecule has 0 bridgehead atoms. The molecule has 1 fully saturated rings. The van der Waals surface area contributed by atoms with Crippen LogP contribution in [0, 0.1) is 17.3 Å². The van der Waals surface area contributed by atoms with Crippen molar-refractivity contribution in [2.45, 2.75) is 80.1 Å². The second kappa shape index (κ2) is 8.73. The Morgan fingerprint density at radius 2 is 1.78 bits per heavy atom. The Bertz CT molecular complexity index is 486. The van der Waals surface area contributed by atoms with Gasteiger partial charge in [0, 0.05) is 5.70 Å². The van der Waals surface area contributed by atoms with Crippen LogP contribution in [0.3, 0.4) is 0 Å². The van der Waals surface area contributed by atoms with Crippen LogP contribution in [0.4, 0.5) is 0 Å². The van der Waals surface area contributed by atoms with Crippen molar-refractivity contribution in [2.75, 3.05) is 0 Å². The van der Waals surface area contributed by atoms with E-state index in [1.807, 2.05) is 0 Å². The minimum absolute atomic E-state index is 0.536. The molecule has 0 amide bonds. The van der Waals surface area contributed by atoms with Crippen LogP contribution in [0.15, 0.2) is 32.6 Å². The molecule has 0 aliphatic heterocycles. The molecule has 1 nitrogen and oxygen atoms in total. The molecule has 1 atom stereocenters. The molecule has 1 aliphatic carbocycles. The average Bonchev–Trinajstić information content (AvgIpc) is 2.45. The van der Waals surface area contributed by atoms with Crippen molar-refractivity contribution in [3.05, 3.63) is 32.6 Å². The third kappa shape index (κ3) is 5.65. The monoisotopic (exact) mass is 429 g/mol. The van der Waals surface area contributed by atoms with Gasteiger partial charge in [-0.15, -0.1) is 0 Å². The third-order valence-electron chi connectivity index (χ3n) is 5.60. The van der Waals surface area contributed by atoms with Crippen molar-refractivity contribution in [3.8, 4) is 0 Å². The first-order valence-corrected chi connectivity index (χ1v) is 10.2. The van der Waals surface area contributed by atoms with Crippen LogP contribution < -0.4 is 5.73 Å². The van der Waals surface area contributed by atoms with E-state index in [0.29, 0.717) is 11.3 Å². The maximum atomic E-state index is 6.13. The molecule has 23 heavy (non-hydrogen) atoms. The highest BCUT2D eigenvalue weighted by Gasteiger charge is 2.31. The van der Waals surface area contributed by atoms with E-state index in [1.165, 1.54) is 46.0 Å². The Balaban J connectivity index is 3.02. The number of halogens is 1. The summed E-state index contributed by atoms with van der Waals surface area (Å²) in [6.07, 6.45) is 7.66. The maximum Gasteiger partial charge on any atom is 0.0316 e. The van der Waals surface area contributed by atoms with Crippen molar-refractivity contribution in [2.24, 2.45) is 23.0 Å². The molecule has 0 aromatic heterocycles. The van der Waals surface area contributed by atoms with Crippen LogP contribution in [0.2, 0.25) is 0 Å². The van der Waals surface area contributed by atoms with Gasteiger partial charge in [0.15, 0.2) is 0 Å². The summed E-state index contributed by atoms with van der Waals surface area (Å²) in [5, 5.41) is 0. The fourth-order valence-corrected chi connectivity index (χ4v) is 4.70. The van der Waals surface area contributed by atoms with Crippen LogP contribution >= 0.6 is 22.6 Å². The summed E-state index contributed by atoms with van der Waals surface area (Å²) >= 11 is 2.56. The van der Waals surface area contributed by atoms with Gasteiger partial charge in [-0.1, -0.05) is 46.3 Å². The molecule has 0 spiro atoms. The van der Waals surface area contributed by atoms with Gasteiger partial charge in [-0.2, -0.15) is 0 Å². The smallest absolute Gasteiger partial charge is 0.0316 e. The quantitative estimate of drug-likeness (QED) is 0.353. The van der Waals surface area contributed by atoms with Gasteiger partial charge < -0.3 is 5.73 Å². The fraction of sp³-hybridized carbons (Fsp3) is 0.714.